The summed E-state index contributed by atoms with van der Waals surface area (Å²) in [5, 5.41) is 8.10. The molecule has 1 amide bonds. The molecule has 0 saturated heterocycles. The van der Waals surface area contributed by atoms with E-state index in [-0.39, 0.29) is 18.6 Å². The minimum Gasteiger partial charge on any atom is -0.375 e. The van der Waals surface area contributed by atoms with Gasteiger partial charge in [0.15, 0.2) is 0 Å². The maximum absolute atomic E-state index is 11.8. The number of carbonyl (C=O) groups excluding carboxylic acids is 1. The van der Waals surface area contributed by atoms with E-state index in [0.29, 0.717) is 0 Å². The summed E-state index contributed by atoms with van der Waals surface area (Å²) in [5.41, 5.74) is 2.24. The van der Waals surface area contributed by atoms with Crippen LogP contribution in [0.2, 0.25) is 0 Å². The first kappa shape index (κ1) is 15.2. The second-order valence-corrected chi connectivity index (χ2v) is 6.60. The van der Waals surface area contributed by atoms with Crippen LogP contribution < -0.4 is 5.32 Å². The molecule has 108 valence electrons. The van der Waals surface area contributed by atoms with Crippen LogP contribution in [0.1, 0.15) is 27.2 Å². The minimum atomic E-state index is -0.113. The molecular weight excluding hydrogens is 292 g/mol. The molecule has 4 nitrogen and oxygen atoms in total. The van der Waals surface area contributed by atoms with Gasteiger partial charge in [-0.15, -0.1) is 11.3 Å². The van der Waals surface area contributed by atoms with Gasteiger partial charge in [-0.05, 0) is 36.2 Å². The first-order chi connectivity index (χ1) is 9.60. The van der Waals surface area contributed by atoms with Gasteiger partial charge < -0.3 is 10.1 Å². The zero-order valence-electron chi connectivity index (χ0n) is 11.8. The Bertz CT molecular complexity index is 544. The first-order valence-electron chi connectivity index (χ1n) is 6.33. The summed E-state index contributed by atoms with van der Waals surface area (Å²) in [7, 11) is 1.52. The summed E-state index contributed by atoms with van der Waals surface area (Å²) in [6.45, 7) is 4.12. The summed E-state index contributed by atoms with van der Waals surface area (Å²) < 4.78 is 4.88. The number of carbonyl (C=O) groups is 1. The van der Waals surface area contributed by atoms with E-state index in [0.717, 1.165) is 17.1 Å². The van der Waals surface area contributed by atoms with Crippen molar-refractivity contribution in [2.45, 2.75) is 26.3 Å². The van der Waals surface area contributed by atoms with Crippen molar-refractivity contribution in [2.75, 3.05) is 13.7 Å². The Labute approximate surface area is 126 Å². The highest BCUT2D eigenvalue weighted by molar-refractivity contribution is 7.11. The summed E-state index contributed by atoms with van der Waals surface area (Å²) in [5.74, 6) is -0.113. The molecule has 0 bridgehead atoms. The van der Waals surface area contributed by atoms with Gasteiger partial charge in [-0.3, -0.25) is 4.79 Å². The highest BCUT2D eigenvalue weighted by Gasteiger charge is 2.19. The molecule has 0 aliphatic carbocycles. The molecule has 1 atom stereocenters. The fourth-order valence-electron chi connectivity index (χ4n) is 1.86. The van der Waals surface area contributed by atoms with Gasteiger partial charge in [-0.25, -0.2) is 4.98 Å². The second kappa shape index (κ2) is 6.97. The third kappa shape index (κ3) is 3.88. The van der Waals surface area contributed by atoms with Crippen molar-refractivity contribution in [2.24, 2.45) is 0 Å². The minimum absolute atomic E-state index is 0.0729. The Morgan fingerprint density at radius 1 is 1.50 bits per heavy atom. The molecule has 20 heavy (non-hydrogen) atoms. The Morgan fingerprint density at radius 2 is 2.30 bits per heavy atom. The number of ether oxygens (including phenoxy) is 1. The fraction of sp³-hybridized carbons (Fsp3) is 0.429. The number of rotatable bonds is 6. The second-order valence-electron chi connectivity index (χ2n) is 4.58. The number of thiazole rings is 1. The van der Waals surface area contributed by atoms with E-state index in [4.69, 9.17) is 4.74 Å². The smallest absolute Gasteiger partial charge is 0.246 e. The average molecular weight is 310 g/mol. The molecule has 0 aliphatic rings. The van der Waals surface area contributed by atoms with Crippen molar-refractivity contribution in [1.29, 1.82) is 0 Å². The Hall–Kier alpha value is -1.24. The largest absolute Gasteiger partial charge is 0.375 e. The fourth-order valence-corrected chi connectivity index (χ4v) is 3.51. The van der Waals surface area contributed by atoms with E-state index < -0.39 is 0 Å². The van der Waals surface area contributed by atoms with Gasteiger partial charge in [-0.2, -0.15) is 11.3 Å². The van der Waals surface area contributed by atoms with Gasteiger partial charge in [0.05, 0.1) is 11.7 Å². The standard InChI is InChI=1S/C14H18N2O2S2/c1-9-10(2)20-14(15-9)12(16-13(17)7-18-3)6-11-4-5-19-8-11/h4-5,8,12H,6-7H2,1-3H3,(H,16,17)/t12-/m0/s1. The van der Waals surface area contributed by atoms with Crippen molar-refractivity contribution in [1.82, 2.24) is 10.3 Å². The zero-order valence-corrected chi connectivity index (χ0v) is 13.4. The van der Waals surface area contributed by atoms with Crippen LogP contribution in [0.3, 0.4) is 0 Å². The SMILES string of the molecule is COCC(=O)N[C@@H](Cc1ccsc1)c1nc(C)c(C)s1. The average Bonchev–Trinajstić information content (AvgIpc) is 3.00. The number of aryl methyl sites for hydroxylation is 2. The van der Waals surface area contributed by atoms with Crippen LogP contribution in [0, 0.1) is 13.8 Å². The van der Waals surface area contributed by atoms with Crippen LogP contribution in [0.25, 0.3) is 0 Å². The van der Waals surface area contributed by atoms with Crippen molar-refractivity contribution >= 4 is 28.6 Å². The molecule has 0 aromatic carbocycles. The Kier molecular flexibility index (Phi) is 5.28. The summed E-state index contributed by atoms with van der Waals surface area (Å²) in [4.78, 5) is 17.6. The number of nitrogens with zero attached hydrogens (tertiary/aromatic N) is 1. The molecule has 0 saturated carbocycles. The molecule has 2 heterocycles. The number of hydrogen-bond donors (Lipinski definition) is 1. The predicted molar refractivity (Wildman–Crippen MR) is 82.4 cm³/mol. The number of nitrogens with one attached hydrogen (secondary N) is 1. The van der Waals surface area contributed by atoms with Crippen molar-refractivity contribution in [3.05, 3.63) is 38.0 Å². The maximum atomic E-state index is 11.8. The van der Waals surface area contributed by atoms with E-state index in [1.807, 2.05) is 12.3 Å². The monoisotopic (exact) mass is 310 g/mol. The molecule has 2 rings (SSSR count). The number of hydrogen-bond acceptors (Lipinski definition) is 5. The molecule has 2 aromatic heterocycles. The molecule has 6 heteroatoms. The van der Waals surface area contributed by atoms with Crippen LogP contribution in [0.4, 0.5) is 0 Å². The molecule has 0 unspecified atom stereocenters. The summed E-state index contributed by atoms with van der Waals surface area (Å²) >= 11 is 3.30. The van der Waals surface area contributed by atoms with Crippen LogP contribution >= 0.6 is 22.7 Å². The zero-order chi connectivity index (χ0) is 14.5. The number of aromatic nitrogens is 1. The van der Waals surface area contributed by atoms with E-state index in [2.05, 4.69) is 28.7 Å². The lowest BCUT2D eigenvalue weighted by Gasteiger charge is -2.15. The third-order valence-corrected chi connectivity index (χ3v) is 4.89. The van der Waals surface area contributed by atoms with Gasteiger partial charge >= 0.3 is 0 Å². The third-order valence-electron chi connectivity index (χ3n) is 2.97. The van der Waals surface area contributed by atoms with Gasteiger partial charge in [0.25, 0.3) is 0 Å². The molecular formula is C14H18N2O2S2. The summed E-state index contributed by atoms with van der Waals surface area (Å²) in [6, 6.07) is 1.98. The predicted octanol–water partition coefficient (Wildman–Crippen LogP) is 2.87. The number of methoxy groups -OCH3 is 1. The van der Waals surface area contributed by atoms with Gasteiger partial charge in [0, 0.05) is 18.4 Å². The quantitative estimate of drug-likeness (QED) is 0.892. The first-order valence-corrected chi connectivity index (χ1v) is 8.09. The van der Waals surface area contributed by atoms with E-state index in [1.165, 1.54) is 17.6 Å². The van der Waals surface area contributed by atoms with E-state index in [1.54, 1.807) is 22.7 Å². The van der Waals surface area contributed by atoms with Crippen molar-refractivity contribution < 1.29 is 9.53 Å². The van der Waals surface area contributed by atoms with Gasteiger partial charge in [0.1, 0.15) is 11.6 Å². The van der Waals surface area contributed by atoms with Crippen LogP contribution in [0.5, 0.6) is 0 Å². The van der Waals surface area contributed by atoms with Gasteiger partial charge in [-0.1, -0.05) is 0 Å². The lowest BCUT2D eigenvalue weighted by Crippen LogP contribution is -2.32. The normalized spacial score (nSPS) is 12.3. The molecule has 0 fully saturated rings. The lowest BCUT2D eigenvalue weighted by molar-refractivity contribution is -0.125. The maximum Gasteiger partial charge on any atom is 0.246 e. The molecule has 1 N–H and O–H groups in total. The highest BCUT2D eigenvalue weighted by Crippen LogP contribution is 2.26. The lowest BCUT2D eigenvalue weighted by atomic mass is 10.1. The van der Waals surface area contributed by atoms with E-state index in [9.17, 15) is 4.79 Å². The highest BCUT2D eigenvalue weighted by atomic mass is 32.1. The number of thiophene rings is 1. The van der Waals surface area contributed by atoms with Crippen molar-refractivity contribution in [3.63, 3.8) is 0 Å². The Morgan fingerprint density at radius 3 is 2.85 bits per heavy atom. The Balaban J connectivity index is 2.16. The topological polar surface area (TPSA) is 51.2 Å². The van der Waals surface area contributed by atoms with Crippen LogP contribution in [-0.4, -0.2) is 24.6 Å². The van der Waals surface area contributed by atoms with E-state index >= 15 is 0 Å². The van der Waals surface area contributed by atoms with Gasteiger partial charge in [0.2, 0.25) is 5.91 Å². The molecule has 0 aliphatic heterocycles. The van der Waals surface area contributed by atoms with Crippen LogP contribution in [-0.2, 0) is 16.0 Å². The molecule has 0 spiro atoms. The molecule has 2 aromatic rings. The van der Waals surface area contributed by atoms with Crippen molar-refractivity contribution in [3.8, 4) is 0 Å². The summed E-state index contributed by atoms with van der Waals surface area (Å²) in [6.07, 6.45) is 0.755. The molecule has 0 radical (unpaired) electrons. The van der Waals surface area contributed by atoms with Crippen LogP contribution in [0.15, 0.2) is 16.8 Å². The number of amides is 1.